The van der Waals surface area contributed by atoms with Gasteiger partial charge in [-0.1, -0.05) is 81.4 Å². The number of carbonyl (C=O) groups is 3. The molecular weight excluding hydrogens is 897 g/mol. The molecule has 6 unspecified atom stereocenters. The average Bonchev–Trinajstić information content (AvgIpc) is 3.55. The van der Waals surface area contributed by atoms with E-state index in [0.717, 1.165) is 56.1 Å². The number of hydrogen-bond acceptors (Lipinski definition) is 16. The molecule has 0 saturated heterocycles. The van der Waals surface area contributed by atoms with Crippen LogP contribution in [0.4, 0.5) is 0 Å². The lowest BCUT2D eigenvalue weighted by Gasteiger charge is -2.24. The molecule has 0 fully saturated rings. The van der Waals surface area contributed by atoms with Gasteiger partial charge < -0.3 is 71.3 Å². The Morgan fingerprint density at radius 1 is 0.609 bits per heavy atom. The SMILES string of the molecule is COC1=CC(=O)N(C(=O)/C=C(/C)CC(C)CCCCCCC[C@H](O)C[C@@H](O)C[C@@H](O)CC(O)CC(O)CC(O)CC(O)CC(O)C[C@@H](O)C[C@@H](O)C[C@@H](O)C[C@H](O)CNC=O)[C@H]1Cc1ccccc1. The predicted octanol–water partition coefficient (Wildman–Crippen LogP) is 1.57. The Labute approximate surface area is 408 Å². The molecule has 13 N–H and O–H groups in total. The van der Waals surface area contributed by atoms with Crippen LogP contribution in [0.5, 0.6) is 0 Å². The minimum Gasteiger partial charge on any atom is -0.499 e. The van der Waals surface area contributed by atoms with Crippen LogP contribution in [0.25, 0.3) is 0 Å². The van der Waals surface area contributed by atoms with Crippen LogP contribution in [0.3, 0.4) is 0 Å². The molecule has 0 spiro atoms. The van der Waals surface area contributed by atoms with E-state index in [1.807, 2.05) is 37.3 Å². The molecule has 396 valence electrons. The summed E-state index contributed by atoms with van der Waals surface area (Å²) >= 11 is 0. The molecule has 14 atom stereocenters. The number of aliphatic hydroxyl groups excluding tert-OH is 12. The first kappa shape index (κ1) is 61.7. The Bertz CT molecular complexity index is 1640. The van der Waals surface area contributed by atoms with Gasteiger partial charge in [-0.2, -0.15) is 0 Å². The maximum atomic E-state index is 13.3. The largest absolute Gasteiger partial charge is 0.499 e. The van der Waals surface area contributed by atoms with Gasteiger partial charge in [0.25, 0.3) is 11.8 Å². The first-order chi connectivity index (χ1) is 32.7. The van der Waals surface area contributed by atoms with Crippen LogP contribution >= 0.6 is 0 Å². The van der Waals surface area contributed by atoms with Crippen molar-refractivity contribution < 1.29 is 80.4 Å². The van der Waals surface area contributed by atoms with E-state index >= 15 is 0 Å². The third kappa shape index (κ3) is 27.2. The number of amides is 3. The lowest BCUT2D eigenvalue weighted by molar-refractivity contribution is -0.139. The molecule has 3 amide bonds. The van der Waals surface area contributed by atoms with Crippen LogP contribution < -0.4 is 5.32 Å². The van der Waals surface area contributed by atoms with Gasteiger partial charge in [-0.05, 0) is 95.5 Å². The second-order valence-electron chi connectivity index (χ2n) is 19.6. The van der Waals surface area contributed by atoms with E-state index in [-0.39, 0.29) is 89.0 Å². The molecular formula is C51H86N2O16. The van der Waals surface area contributed by atoms with Crippen LogP contribution in [0.15, 0.2) is 53.8 Å². The molecule has 0 radical (unpaired) electrons. The molecule has 18 heteroatoms. The summed E-state index contributed by atoms with van der Waals surface area (Å²) in [7, 11) is 1.50. The molecule has 1 aromatic rings. The van der Waals surface area contributed by atoms with Gasteiger partial charge in [-0.25, -0.2) is 0 Å². The number of nitrogens with one attached hydrogen (secondary N) is 1. The number of carbonyl (C=O) groups excluding carboxylic acids is 3. The summed E-state index contributed by atoms with van der Waals surface area (Å²) in [6.45, 7) is 4.00. The monoisotopic (exact) mass is 983 g/mol. The van der Waals surface area contributed by atoms with Crippen LogP contribution in [0.2, 0.25) is 0 Å². The van der Waals surface area contributed by atoms with Gasteiger partial charge in [0.15, 0.2) is 0 Å². The van der Waals surface area contributed by atoms with Crippen molar-refractivity contribution in [2.45, 2.75) is 222 Å². The van der Waals surface area contributed by atoms with Crippen molar-refractivity contribution in [1.82, 2.24) is 10.2 Å². The van der Waals surface area contributed by atoms with Crippen LogP contribution in [-0.4, -0.2) is 177 Å². The number of ether oxygens (including phenoxy) is 1. The number of nitrogens with zero attached hydrogens (tertiary/aromatic N) is 1. The minimum absolute atomic E-state index is 0.0622. The van der Waals surface area contributed by atoms with Gasteiger partial charge in [-0.15, -0.1) is 0 Å². The fourth-order valence-corrected chi connectivity index (χ4v) is 9.25. The molecule has 0 aromatic heterocycles. The Hall–Kier alpha value is -3.37. The Morgan fingerprint density at radius 2 is 1.00 bits per heavy atom. The summed E-state index contributed by atoms with van der Waals surface area (Å²) in [5.74, 6) is 0.0918. The lowest BCUT2D eigenvalue weighted by atomic mass is 9.94. The van der Waals surface area contributed by atoms with Gasteiger partial charge in [0, 0.05) is 31.5 Å². The van der Waals surface area contributed by atoms with Gasteiger partial charge in [-0.3, -0.25) is 19.3 Å². The molecule has 2 rings (SSSR count). The third-order valence-corrected chi connectivity index (χ3v) is 12.6. The number of hydrogen-bond donors (Lipinski definition) is 13. The zero-order valence-corrected chi connectivity index (χ0v) is 41.0. The number of benzene rings is 1. The maximum absolute atomic E-state index is 13.3. The van der Waals surface area contributed by atoms with Gasteiger partial charge in [0.2, 0.25) is 6.41 Å². The summed E-state index contributed by atoms with van der Waals surface area (Å²) in [6, 6.07) is 9.17. The maximum Gasteiger partial charge on any atom is 0.257 e. The van der Waals surface area contributed by atoms with Crippen LogP contribution in [0, 0.1) is 5.92 Å². The average molecular weight is 983 g/mol. The predicted molar refractivity (Wildman–Crippen MR) is 258 cm³/mol. The number of aliphatic hydroxyl groups is 12. The number of rotatable bonds is 39. The number of methoxy groups -OCH3 is 1. The second kappa shape index (κ2) is 34.1. The van der Waals surface area contributed by atoms with E-state index in [0.29, 0.717) is 30.9 Å². The highest BCUT2D eigenvalue weighted by atomic mass is 16.5. The van der Waals surface area contributed by atoms with Crippen molar-refractivity contribution in [3.05, 3.63) is 59.4 Å². The zero-order chi connectivity index (χ0) is 51.5. The van der Waals surface area contributed by atoms with E-state index in [9.17, 15) is 75.7 Å². The number of allylic oxidation sites excluding steroid dienone is 1. The molecule has 1 aromatic carbocycles. The van der Waals surface area contributed by atoms with Crippen molar-refractivity contribution in [3.8, 4) is 0 Å². The standard InChI is InChI=1S/C51H86N2O16/c1-33(16-34(2)17-50(67)53-48(49(69-3)30-51(53)68)18-35-13-9-7-10-14-35)12-8-5-4-6-11-15-36(55)19-37(56)20-38(57)21-39(58)22-40(59)23-41(60)24-42(61)25-43(62)26-44(63)27-45(64)28-46(65)29-47(66)31-52-32-54/h7,9-10,13-14,17,30,32-33,36-48,55-66H,4-6,8,11-12,15-16,18-29,31H2,1-3H3,(H,52,54)/b34-17-/t33?,36-,37+,38+,39?,40?,41?,42?,43?,44+,45+,46+,47-,48-/m0/s1. The highest BCUT2D eigenvalue weighted by Crippen LogP contribution is 2.26. The second-order valence-corrected chi connectivity index (χ2v) is 19.6. The topological polar surface area (TPSA) is 318 Å². The van der Waals surface area contributed by atoms with Crippen molar-refractivity contribution in [2.75, 3.05) is 13.7 Å². The molecule has 1 aliphatic rings. The first-order valence-electron chi connectivity index (χ1n) is 24.9. The van der Waals surface area contributed by atoms with Crippen molar-refractivity contribution in [3.63, 3.8) is 0 Å². The van der Waals surface area contributed by atoms with Crippen molar-refractivity contribution in [2.24, 2.45) is 5.92 Å². The molecule has 18 nitrogen and oxygen atoms in total. The smallest absolute Gasteiger partial charge is 0.257 e. The molecule has 0 aliphatic carbocycles. The molecule has 0 saturated carbocycles. The highest BCUT2D eigenvalue weighted by molar-refractivity contribution is 6.08. The van der Waals surface area contributed by atoms with Gasteiger partial charge >= 0.3 is 0 Å². The zero-order valence-electron chi connectivity index (χ0n) is 41.0. The summed E-state index contributed by atoms with van der Waals surface area (Å²) < 4.78 is 5.45. The Kier molecular flexibility index (Phi) is 30.5. The van der Waals surface area contributed by atoms with E-state index in [1.165, 1.54) is 18.1 Å². The van der Waals surface area contributed by atoms with Gasteiger partial charge in [0.05, 0.1) is 80.4 Å². The van der Waals surface area contributed by atoms with Crippen LogP contribution in [0.1, 0.15) is 141 Å². The molecule has 0 bridgehead atoms. The minimum atomic E-state index is -1.20. The molecule has 69 heavy (non-hydrogen) atoms. The Balaban J connectivity index is 1.56. The Morgan fingerprint density at radius 3 is 1.42 bits per heavy atom. The number of imide groups is 1. The lowest BCUT2D eigenvalue weighted by Crippen LogP contribution is -2.41. The van der Waals surface area contributed by atoms with E-state index in [1.54, 1.807) is 6.08 Å². The molecule has 1 heterocycles. The van der Waals surface area contributed by atoms with E-state index < -0.39 is 79.3 Å². The summed E-state index contributed by atoms with van der Waals surface area (Å²) in [5.41, 5.74) is 1.91. The first-order valence-corrected chi connectivity index (χ1v) is 24.9. The summed E-state index contributed by atoms with van der Waals surface area (Å²) in [6.07, 6.45) is -4.13. The van der Waals surface area contributed by atoms with Crippen LogP contribution in [-0.2, 0) is 25.5 Å². The summed E-state index contributed by atoms with van der Waals surface area (Å²) in [5, 5.41) is 126. The molecule has 1 aliphatic heterocycles. The van der Waals surface area contributed by atoms with Crippen molar-refractivity contribution in [1.29, 1.82) is 0 Å². The highest BCUT2D eigenvalue weighted by Gasteiger charge is 2.37. The number of unbranched alkanes of at least 4 members (excludes halogenated alkanes) is 4. The quantitative estimate of drug-likeness (QED) is 0.0253. The third-order valence-electron chi connectivity index (χ3n) is 12.6. The fraction of sp³-hybridized carbons (Fsp3) is 0.745. The van der Waals surface area contributed by atoms with E-state index in [2.05, 4.69) is 12.2 Å². The van der Waals surface area contributed by atoms with E-state index in [4.69, 9.17) is 4.74 Å². The van der Waals surface area contributed by atoms with Gasteiger partial charge in [0.1, 0.15) is 11.8 Å². The normalized spacial score (nSPS) is 20.1. The fourth-order valence-electron chi connectivity index (χ4n) is 9.25. The van der Waals surface area contributed by atoms with Crippen molar-refractivity contribution >= 4 is 18.2 Å². The summed E-state index contributed by atoms with van der Waals surface area (Å²) in [4.78, 5) is 37.7.